The summed E-state index contributed by atoms with van der Waals surface area (Å²) >= 11 is 0. The van der Waals surface area contributed by atoms with Gasteiger partial charge >= 0.3 is 0 Å². The van der Waals surface area contributed by atoms with Crippen LogP contribution in [0.5, 0.6) is 11.6 Å². The van der Waals surface area contributed by atoms with Gasteiger partial charge in [0.15, 0.2) is 0 Å². The van der Waals surface area contributed by atoms with Crippen molar-refractivity contribution in [1.82, 2.24) is 19.8 Å². The standard InChI is InChI=1S/C38H48N8O3/c1-28-8-5-9-29(2)35(28)41-36(47)34-27-39-38(42-37(34)49-33-11-6-10-32(26-33)46-22-24-48-25-23-46)40-30-12-14-31(15-13-30)45-20-18-44(19-21-45)17-7-16-43(3)4/h5-6,8-15,26-27H,7,16-25H2,1-4H3,(H,41,47)(H,39,40,42). The van der Waals surface area contributed by atoms with Gasteiger partial charge in [-0.15, -0.1) is 0 Å². The van der Waals surface area contributed by atoms with E-state index in [1.165, 1.54) is 18.3 Å². The van der Waals surface area contributed by atoms with Gasteiger partial charge in [-0.2, -0.15) is 4.98 Å². The summed E-state index contributed by atoms with van der Waals surface area (Å²) in [6.07, 6.45) is 2.72. The van der Waals surface area contributed by atoms with Crippen LogP contribution in [-0.4, -0.2) is 105 Å². The molecular weight excluding hydrogens is 616 g/mol. The molecule has 0 bridgehead atoms. The van der Waals surface area contributed by atoms with Crippen molar-refractivity contribution in [3.8, 4) is 11.6 Å². The van der Waals surface area contributed by atoms with Crippen LogP contribution in [0.2, 0.25) is 0 Å². The van der Waals surface area contributed by atoms with Crippen LogP contribution >= 0.6 is 0 Å². The van der Waals surface area contributed by atoms with Crippen LogP contribution in [-0.2, 0) is 4.74 Å². The van der Waals surface area contributed by atoms with Gasteiger partial charge in [-0.3, -0.25) is 9.69 Å². The number of hydrogen-bond acceptors (Lipinski definition) is 10. The highest BCUT2D eigenvalue weighted by Gasteiger charge is 2.21. The lowest BCUT2D eigenvalue weighted by molar-refractivity contribution is 0.102. The maximum atomic E-state index is 13.7. The minimum Gasteiger partial charge on any atom is -0.438 e. The summed E-state index contributed by atoms with van der Waals surface area (Å²) in [6, 6.07) is 22.1. The molecule has 11 heteroatoms. The number of amides is 1. The van der Waals surface area contributed by atoms with Crippen LogP contribution in [0, 0.1) is 13.8 Å². The maximum Gasteiger partial charge on any atom is 0.262 e. The van der Waals surface area contributed by atoms with Crippen LogP contribution in [0.1, 0.15) is 27.9 Å². The molecule has 1 aromatic heterocycles. The van der Waals surface area contributed by atoms with E-state index in [2.05, 4.69) is 67.5 Å². The van der Waals surface area contributed by atoms with E-state index in [4.69, 9.17) is 14.5 Å². The minimum atomic E-state index is -0.342. The summed E-state index contributed by atoms with van der Waals surface area (Å²) < 4.78 is 11.9. The van der Waals surface area contributed by atoms with Gasteiger partial charge in [0, 0.05) is 74.3 Å². The van der Waals surface area contributed by atoms with E-state index in [1.807, 2.05) is 62.4 Å². The highest BCUT2D eigenvalue weighted by molar-refractivity contribution is 6.06. The fourth-order valence-corrected chi connectivity index (χ4v) is 6.25. The summed E-state index contributed by atoms with van der Waals surface area (Å²) in [5.74, 6) is 0.741. The molecule has 0 aliphatic carbocycles. The number of carbonyl (C=O) groups is 1. The van der Waals surface area contributed by atoms with E-state index in [1.54, 1.807) is 0 Å². The number of para-hydroxylation sites is 1. The number of rotatable bonds is 12. The Bertz CT molecular complexity index is 1680. The maximum absolute atomic E-state index is 13.7. The van der Waals surface area contributed by atoms with E-state index in [-0.39, 0.29) is 17.4 Å². The number of piperazine rings is 1. The van der Waals surface area contributed by atoms with Gasteiger partial charge in [0.1, 0.15) is 11.3 Å². The number of benzene rings is 3. The molecule has 6 rings (SSSR count). The molecule has 2 N–H and O–H groups in total. The highest BCUT2D eigenvalue weighted by atomic mass is 16.5. The molecule has 0 atom stereocenters. The van der Waals surface area contributed by atoms with Crippen LogP contribution in [0.25, 0.3) is 0 Å². The number of morpholine rings is 1. The second-order valence-electron chi connectivity index (χ2n) is 13.0. The first-order chi connectivity index (χ1) is 23.8. The van der Waals surface area contributed by atoms with E-state index in [0.29, 0.717) is 24.9 Å². The van der Waals surface area contributed by atoms with Gasteiger partial charge in [0.25, 0.3) is 5.91 Å². The molecule has 258 valence electrons. The summed E-state index contributed by atoms with van der Waals surface area (Å²) in [6.45, 7) is 13.4. The van der Waals surface area contributed by atoms with Crippen molar-refractivity contribution in [1.29, 1.82) is 0 Å². The summed E-state index contributed by atoms with van der Waals surface area (Å²) in [5.41, 5.74) is 6.01. The Balaban J connectivity index is 1.18. The Morgan fingerprint density at radius 1 is 0.878 bits per heavy atom. The Labute approximate surface area is 289 Å². The SMILES string of the molecule is Cc1cccc(C)c1NC(=O)c1cnc(Nc2ccc(N3CCN(CCCN(C)C)CC3)cc2)nc1Oc1cccc(N2CCOCC2)c1. The Kier molecular flexibility index (Phi) is 11.2. The first-order valence-corrected chi connectivity index (χ1v) is 17.2. The van der Waals surface area contributed by atoms with Crippen molar-refractivity contribution in [2.75, 3.05) is 100 Å². The predicted octanol–water partition coefficient (Wildman–Crippen LogP) is 5.79. The highest BCUT2D eigenvalue weighted by Crippen LogP contribution is 2.30. The molecule has 11 nitrogen and oxygen atoms in total. The summed E-state index contributed by atoms with van der Waals surface area (Å²) in [4.78, 5) is 32.4. The Morgan fingerprint density at radius 2 is 1.57 bits per heavy atom. The molecule has 2 aliphatic heterocycles. The molecule has 2 aliphatic rings. The lowest BCUT2D eigenvalue weighted by Gasteiger charge is -2.36. The number of carbonyl (C=O) groups excluding carboxylic acids is 1. The van der Waals surface area contributed by atoms with E-state index < -0.39 is 0 Å². The van der Waals surface area contributed by atoms with Crippen LogP contribution < -0.4 is 25.2 Å². The first-order valence-electron chi connectivity index (χ1n) is 17.2. The Hall–Kier alpha value is -4.71. The molecule has 0 unspecified atom stereocenters. The topological polar surface area (TPSA) is 98.3 Å². The molecule has 0 saturated carbocycles. The van der Waals surface area contributed by atoms with Gasteiger partial charge in [-0.1, -0.05) is 24.3 Å². The van der Waals surface area contributed by atoms with Crippen molar-refractivity contribution >= 4 is 34.6 Å². The fourth-order valence-electron chi connectivity index (χ4n) is 6.25. The van der Waals surface area contributed by atoms with Crippen molar-refractivity contribution in [2.24, 2.45) is 0 Å². The molecular formula is C38H48N8O3. The van der Waals surface area contributed by atoms with Crippen LogP contribution in [0.15, 0.2) is 72.9 Å². The second kappa shape index (κ2) is 16.1. The first kappa shape index (κ1) is 34.2. The number of nitrogens with zero attached hydrogens (tertiary/aromatic N) is 6. The number of nitrogens with one attached hydrogen (secondary N) is 2. The molecule has 2 saturated heterocycles. The zero-order valence-electron chi connectivity index (χ0n) is 29.1. The van der Waals surface area contributed by atoms with Gasteiger partial charge in [-0.05, 0) is 95.0 Å². The third-order valence-electron chi connectivity index (χ3n) is 9.07. The molecule has 49 heavy (non-hydrogen) atoms. The number of anilines is 5. The molecule has 3 heterocycles. The fraction of sp³-hybridized carbons (Fsp3) is 0.395. The van der Waals surface area contributed by atoms with Gasteiger partial charge in [0.2, 0.25) is 11.8 Å². The molecule has 1 amide bonds. The van der Waals surface area contributed by atoms with Gasteiger partial charge in [-0.25, -0.2) is 4.98 Å². The van der Waals surface area contributed by atoms with Crippen LogP contribution in [0.3, 0.4) is 0 Å². The molecule has 3 aromatic carbocycles. The Morgan fingerprint density at radius 3 is 2.29 bits per heavy atom. The third-order valence-corrected chi connectivity index (χ3v) is 9.07. The average molecular weight is 665 g/mol. The van der Waals surface area contributed by atoms with E-state index in [9.17, 15) is 4.79 Å². The largest absolute Gasteiger partial charge is 0.438 e. The third kappa shape index (κ3) is 9.05. The van der Waals surface area contributed by atoms with E-state index >= 15 is 0 Å². The monoisotopic (exact) mass is 664 g/mol. The average Bonchev–Trinajstić information content (AvgIpc) is 3.11. The van der Waals surface area contributed by atoms with Gasteiger partial charge in [0.05, 0.1) is 13.2 Å². The van der Waals surface area contributed by atoms with Crippen molar-refractivity contribution in [2.45, 2.75) is 20.3 Å². The number of aromatic nitrogens is 2. The zero-order chi connectivity index (χ0) is 34.2. The lowest BCUT2D eigenvalue weighted by Crippen LogP contribution is -2.46. The lowest BCUT2D eigenvalue weighted by atomic mass is 10.1. The van der Waals surface area contributed by atoms with Crippen molar-refractivity contribution in [3.05, 3.63) is 89.6 Å². The summed E-state index contributed by atoms with van der Waals surface area (Å²) in [7, 11) is 4.26. The molecule has 0 spiro atoms. The minimum absolute atomic E-state index is 0.167. The van der Waals surface area contributed by atoms with Crippen LogP contribution in [0.4, 0.5) is 28.7 Å². The zero-order valence-corrected chi connectivity index (χ0v) is 29.1. The number of ether oxygens (including phenoxy) is 2. The smallest absolute Gasteiger partial charge is 0.262 e. The second-order valence-corrected chi connectivity index (χ2v) is 13.0. The summed E-state index contributed by atoms with van der Waals surface area (Å²) in [5, 5.41) is 6.37. The number of aryl methyl sites for hydroxylation is 2. The quantitative estimate of drug-likeness (QED) is 0.194. The van der Waals surface area contributed by atoms with Crippen molar-refractivity contribution < 1.29 is 14.3 Å². The molecule has 2 fully saturated rings. The molecule has 0 radical (unpaired) electrons. The van der Waals surface area contributed by atoms with Crippen molar-refractivity contribution in [3.63, 3.8) is 0 Å². The predicted molar refractivity (Wildman–Crippen MR) is 197 cm³/mol. The number of hydrogen-bond donors (Lipinski definition) is 2. The van der Waals surface area contributed by atoms with E-state index in [0.717, 1.165) is 80.5 Å². The normalized spacial score (nSPS) is 15.4. The van der Waals surface area contributed by atoms with Gasteiger partial charge < -0.3 is 34.8 Å². The molecule has 4 aromatic rings.